The second kappa shape index (κ2) is 9.51. The molecule has 0 aromatic carbocycles. The lowest BCUT2D eigenvalue weighted by Gasteiger charge is -2.41. The number of piperazine rings is 1. The SMILES string of the molecule is CC1CN(c2nc(C3CCCCC3)c3c(c2C#N)CCOC3)CCN1C(=O)c1cnn2cccnc12. The summed E-state index contributed by atoms with van der Waals surface area (Å²) in [5.74, 6) is 1.16. The van der Waals surface area contributed by atoms with E-state index in [1.807, 2.05) is 4.90 Å². The molecule has 0 N–H and O–H groups in total. The Morgan fingerprint density at radius 3 is 2.86 bits per heavy atom. The van der Waals surface area contributed by atoms with Crippen molar-refractivity contribution in [2.24, 2.45) is 0 Å². The topological polar surface area (TPSA) is 99.7 Å². The number of amides is 1. The molecule has 1 aliphatic carbocycles. The van der Waals surface area contributed by atoms with Crippen LogP contribution in [0.15, 0.2) is 24.7 Å². The summed E-state index contributed by atoms with van der Waals surface area (Å²) in [5, 5.41) is 14.5. The van der Waals surface area contributed by atoms with Gasteiger partial charge in [0, 0.05) is 49.6 Å². The van der Waals surface area contributed by atoms with E-state index in [0.29, 0.717) is 55.5 Å². The predicted octanol–water partition coefficient (Wildman–Crippen LogP) is 3.47. The van der Waals surface area contributed by atoms with Crippen LogP contribution in [0.2, 0.25) is 0 Å². The van der Waals surface area contributed by atoms with Gasteiger partial charge in [-0.25, -0.2) is 14.5 Å². The molecule has 3 aromatic heterocycles. The molecule has 1 unspecified atom stereocenters. The molecule has 1 amide bonds. The lowest BCUT2D eigenvalue weighted by Crippen LogP contribution is -2.54. The Morgan fingerprint density at radius 1 is 1.19 bits per heavy atom. The molecule has 6 rings (SSSR count). The Hall–Kier alpha value is -3.51. The minimum atomic E-state index is -0.0604. The third-order valence-corrected chi connectivity index (χ3v) is 7.97. The number of fused-ring (bicyclic) bond motifs is 2. The highest BCUT2D eigenvalue weighted by molar-refractivity contribution is 5.99. The smallest absolute Gasteiger partial charge is 0.259 e. The normalized spacial score (nSPS) is 20.8. The van der Waals surface area contributed by atoms with E-state index in [9.17, 15) is 10.1 Å². The molecule has 0 radical (unpaired) electrons. The number of carbonyl (C=O) groups is 1. The van der Waals surface area contributed by atoms with Crippen LogP contribution < -0.4 is 4.90 Å². The average molecular weight is 486 g/mol. The zero-order chi connectivity index (χ0) is 24.6. The van der Waals surface area contributed by atoms with Crippen LogP contribution in [0.4, 0.5) is 5.82 Å². The van der Waals surface area contributed by atoms with Gasteiger partial charge in [0.15, 0.2) is 5.65 Å². The van der Waals surface area contributed by atoms with Crippen LogP contribution in [-0.2, 0) is 17.8 Å². The van der Waals surface area contributed by atoms with Crippen molar-refractivity contribution in [2.75, 3.05) is 31.1 Å². The van der Waals surface area contributed by atoms with Gasteiger partial charge >= 0.3 is 0 Å². The van der Waals surface area contributed by atoms with Crippen molar-refractivity contribution in [2.45, 2.75) is 64.0 Å². The Labute approximate surface area is 210 Å². The van der Waals surface area contributed by atoms with E-state index < -0.39 is 0 Å². The zero-order valence-corrected chi connectivity index (χ0v) is 20.7. The van der Waals surface area contributed by atoms with Gasteiger partial charge in [0.1, 0.15) is 17.5 Å². The zero-order valence-electron chi connectivity index (χ0n) is 20.7. The molecule has 9 heteroatoms. The van der Waals surface area contributed by atoms with Gasteiger partial charge in [0.25, 0.3) is 5.91 Å². The third kappa shape index (κ3) is 3.90. The molecule has 186 valence electrons. The monoisotopic (exact) mass is 485 g/mol. The van der Waals surface area contributed by atoms with Crippen molar-refractivity contribution in [3.8, 4) is 6.07 Å². The highest BCUT2D eigenvalue weighted by Gasteiger charge is 2.34. The molecule has 3 aromatic rings. The van der Waals surface area contributed by atoms with E-state index in [1.165, 1.54) is 19.3 Å². The van der Waals surface area contributed by atoms with Crippen molar-refractivity contribution in [3.63, 3.8) is 0 Å². The summed E-state index contributed by atoms with van der Waals surface area (Å²) in [6.45, 7) is 5.06. The van der Waals surface area contributed by atoms with Crippen molar-refractivity contribution in [3.05, 3.63) is 52.6 Å². The predicted molar refractivity (Wildman–Crippen MR) is 134 cm³/mol. The number of carbonyl (C=O) groups excluding carboxylic acids is 1. The van der Waals surface area contributed by atoms with E-state index >= 15 is 0 Å². The van der Waals surface area contributed by atoms with Crippen LogP contribution >= 0.6 is 0 Å². The fourth-order valence-corrected chi connectivity index (χ4v) is 6.11. The summed E-state index contributed by atoms with van der Waals surface area (Å²) >= 11 is 0. The molecule has 9 nitrogen and oxygen atoms in total. The number of pyridine rings is 1. The molecule has 0 bridgehead atoms. The molecular formula is C27H31N7O2. The molecule has 0 spiro atoms. The average Bonchev–Trinajstić information content (AvgIpc) is 3.36. The molecule has 1 saturated carbocycles. The number of rotatable bonds is 3. The quantitative estimate of drug-likeness (QED) is 0.560. The van der Waals surface area contributed by atoms with Crippen molar-refractivity contribution >= 4 is 17.4 Å². The molecule has 5 heterocycles. The van der Waals surface area contributed by atoms with E-state index in [4.69, 9.17) is 9.72 Å². The van der Waals surface area contributed by atoms with E-state index in [-0.39, 0.29) is 11.9 Å². The fourth-order valence-electron chi connectivity index (χ4n) is 6.11. The summed E-state index contributed by atoms with van der Waals surface area (Å²) < 4.78 is 7.44. The maximum Gasteiger partial charge on any atom is 0.259 e. The van der Waals surface area contributed by atoms with Crippen LogP contribution in [0.25, 0.3) is 5.65 Å². The maximum absolute atomic E-state index is 13.4. The summed E-state index contributed by atoms with van der Waals surface area (Å²) in [6.07, 6.45) is 11.9. The molecule has 3 aliphatic rings. The Balaban J connectivity index is 1.30. The van der Waals surface area contributed by atoms with Crippen molar-refractivity contribution < 1.29 is 9.53 Å². The molecule has 2 aliphatic heterocycles. The fraction of sp³-hybridized carbons (Fsp3) is 0.519. The van der Waals surface area contributed by atoms with Crippen molar-refractivity contribution in [1.29, 1.82) is 5.26 Å². The number of aromatic nitrogens is 4. The first-order valence-electron chi connectivity index (χ1n) is 13.0. The number of nitriles is 1. The minimum Gasteiger partial charge on any atom is -0.376 e. The Morgan fingerprint density at radius 2 is 2.06 bits per heavy atom. The number of ether oxygens (including phenoxy) is 1. The van der Waals surface area contributed by atoms with E-state index in [0.717, 1.165) is 41.9 Å². The second-order valence-electron chi connectivity index (χ2n) is 10.1. The molecule has 1 saturated heterocycles. The largest absolute Gasteiger partial charge is 0.376 e. The lowest BCUT2D eigenvalue weighted by atomic mass is 9.82. The van der Waals surface area contributed by atoms with Crippen LogP contribution in [-0.4, -0.2) is 62.7 Å². The van der Waals surface area contributed by atoms with Crippen molar-refractivity contribution in [1.82, 2.24) is 24.5 Å². The van der Waals surface area contributed by atoms with Gasteiger partial charge < -0.3 is 14.5 Å². The van der Waals surface area contributed by atoms with Gasteiger partial charge in [-0.3, -0.25) is 4.79 Å². The summed E-state index contributed by atoms with van der Waals surface area (Å²) in [5.41, 5.74) is 5.18. The van der Waals surface area contributed by atoms with Gasteiger partial charge in [0.2, 0.25) is 0 Å². The van der Waals surface area contributed by atoms with Crippen LogP contribution in [0.1, 0.15) is 77.7 Å². The summed E-state index contributed by atoms with van der Waals surface area (Å²) in [4.78, 5) is 27.1. The number of hydrogen-bond acceptors (Lipinski definition) is 7. The first-order chi connectivity index (χ1) is 17.7. The number of nitrogens with zero attached hydrogens (tertiary/aromatic N) is 7. The lowest BCUT2D eigenvalue weighted by molar-refractivity contribution is 0.0675. The van der Waals surface area contributed by atoms with Gasteiger partial charge in [-0.2, -0.15) is 10.4 Å². The van der Waals surface area contributed by atoms with Crippen LogP contribution in [0.5, 0.6) is 0 Å². The Bertz CT molecular complexity index is 1340. The number of hydrogen-bond donors (Lipinski definition) is 0. The maximum atomic E-state index is 13.4. The van der Waals surface area contributed by atoms with Crippen LogP contribution in [0.3, 0.4) is 0 Å². The molecular weight excluding hydrogens is 454 g/mol. The van der Waals surface area contributed by atoms with Gasteiger partial charge in [-0.15, -0.1) is 0 Å². The molecule has 1 atom stereocenters. The molecule has 36 heavy (non-hydrogen) atoms. The van der Waals surface area contributed by atoms with Gasteiger partial charge in [0.05, 0.1) is 30.7 Å². The summed E-state index contributed by atoms with van der Waals surface area (Å²) in [7, 11) is 0. The highest BCUT2D eigenvalue weighted by atomic mass is 16.5. The second-order valence-corrected chi connectivity index (χ2v) is 10.1. The Kier molecular flexibility index (Phi) is 6.05. The minimum absolute atomic E-state index is 0.0456. The highest BCUT2D eigenvalue weighted by Crippen LogP contribution is 2.39. The first kappa shape index (κ1) is 22.9. The first-order valence-corrected chi connectivity index (χ1v) is 13.0. The van der Waals surface area contributed by atoms with E-state index in [2.05, 4.69) is 28.0 Å². The van der Waals surface area contributed by atoms with Crippen LogP contribution in [0, 0.1) is 11.3 Å². The van der Waals surface area contributed by atoms with E-state index in [1.54, 1.807) is 29.2 Å². The summed E-state index contributed by atoms with van der Waals surface area (Å²) in [6, 6.07) is 4.23. The standard InChI is InChI=1S/C27H31N7O2/c1-18-16-32(11-12-33(18)27(35)22-15-30-34-10-5-9-29-25(22)34)26-21(14-28)20-8-13-36-17-23(20)24(31-26)19-6-3-2-4-7-19/h5,9-10,15,18-19H,2-4,6-8,11-13,16-17H2,1H3. The number of anilines is 1. The third-order valence-electron chi connectivity index (χ3n) is 7.97. The molecule has 2 fully saturated rings. The van der Waals surface area contributed by atoms with Gasteiger partial charge in [-0.05, 0) is 37.8 Å². The van der Waals surface area contributed by atoms with Gasteiger partial charge in [-0.1, -0.05) is 19.3 Å².